The first kappa shape index (κ1) is 23.6. The predicted molar refractivity (Wildman–Crippen MR) is 132 cm³/mol. The molecular weight excluding hydrogens is 422 g/mol. The molecule has 0 aliphatic heterocycles. The molecule has 3 aromatic carbocycles. The minimum Gasteiger partial charge on any atom is -0.405 e. The van der Waals surface area contributed by atoms with E-state index < -0.39 is 25.2 Å². The number of aliphatic hydroxyl groups excluding tert-OH is 1. The van der Waals surface area contributed by atoms with E-state index in [0.29, 0.717) is 0 Å². The molecule has 164 valence electrons. The van der Waals surface area contributed by atoms with Gasteiger partial charge in [-0.05, 0) is 34.5 Å². The fourth-order valence-corrected chi connectivity index (χ4v) is 9.67. The maximum atomic E-state index is 12.7. The van der Waals surface area contributed by atoms with Gasteiger partial charge in [0.1, 0.15) is 0 Å². The summed E-state index contributed by atoms with van der Waals surface area (Å²) in [6.45, 7) is 8.76. The summed E-state index contributed by atoms with van der Waals surface area (Å²) in [7, 11) is -3.98. The molecule has 1 N–H and O–H groups in total. The van der Waals surface area contributed by atoms with Crippen LogP contribution >= 0.6 is 0 Å². The summed E-state index contributed by atoms with van der Waals surface area (Å²) < 4.78 is 19.5. The van der Waals surface area contributed by atoms with Crippen molar-refractivity contribution < 1.29 is 13.7 Å². The molecule has 0 saturated carbocycles. The Balaban J connectivity index is 1.87. The lowest BCUT2D eigenvalue weighted by atomic mass is 10.2. The number of hydrogen-bond donors (Lipinski definition) is 1. The highest BCUT2D eigenvalue weighted by molar-refractivity contribution is 7.85. The molecular formula is C26H32O3SSi. The van der Waals surface area contributed by atoms with E-state index in [1.165, 1.54) is 10.4 Å². The minimum atomic E-state index is -2.71. The van der Waals surface area contributed by atoms with Crippen molar-refractivity contribution >= 4 is 29.5 Å². The van der Waals surface area contributed by atoms with Gasteiger partial charge < -0.3 is 9.53 Å². The number of hydrogen-bond acceptors (Lipinski definition) is 3. The summed E-state index contributed by atoms with van der Waals surface area (Å²) in [6, 6.07) is 28.3. The molecule has 5 heteroatoms. The van der Waals surface area contributed by atoms with E-state index in [0.717, 1.165) is 10.5 Å². The van der Waals surface area contributed by atoms with Gasteiger partial charge in [-0.1, -0.05) is 99.1 Å². The van der Waals surface area contributed by atoms with Gasteiger partial charge in [-0.15, -0.1) is 0 Å². The molecule has 0 heterocycles. The lowest BCUT2D eigenvalue weighted by molar-refractivity contribution is 0.120. The molecule has 3 aromatic rings. The van der Waals surface area contributed by atoms with Crippen molar-refractivity contribution in [2.24, 2.45) is 0 Å². The Kier molecular flexibility index (Phi) is 7.65. The third-order valence-corrected chi connectivity index (χ3v) is 12.0. The molecule has 0 aromatic heterocycles. The first-order valence-corrected chi connectivity index (χ1v) is 13.8. The lowest BCUT2D eigenvalue weighted by Gasteiger charge is -2.43. The third kappa shape index (κ3) is 5.41. The molecule has 0 unspecified atom stereocenters. The van der Waals surface area contributed by atoms with E-state index in [-0.39, 0.29) is 17.4 Å². The monoisotopic (exact) mass is 454 g/mol. The van der Waals surface area contributed by atoms with Crippen LogP contribution in [0.1, 0.15) is 26.3 Å². The maximum absolute atomic E-state index is 12.7. The fourth-order valence-electron chi connectivity index (χ4n) is 3.99. The van der Waals surface area contributed by atoms with Crippen molar-refractivity contribution in [3.8, 4) is 0 Å². The third-order valence-electron chi connectivity index (χ3n) is 5.54. The van der Waals surface area contributed by atoms with Crippen LogP contribution in [0, 0.1) is 6.92 Å². The summed E-state index contributed by atoms with van der Waals surface area (Å²) in [6.07, 6.45) is -0.816. The molecule has 3 nitrogen and oxygen atoms in total. The van der Waals surface area contributed by atoms with E-state index in [2.05, 4.69) is 45.0 Å². The van der Waals surface area contributed by atoms with Crippen molar-refractivity contribution in [2.75, 3.05) is 12.4 Å². The first-order valence-electron chi connectivity index (χ1n) is 10.6. The molecule has 0 radical (unpaired) electrons. The SMILES string of the molecule is Cc1ccc([S@@](=O)C[14C@@H](O)CO[Si](c2ccccc2)(c2ccccc2)C(C)(C)C)cc1. The van der Waals surface area contributed by atoms with E-state index in [4.69, 9.17) is 4.43 Å². The van der Waals surface area contributed by atoms with Crippen LogP contribution in [-0.2, 0) is 15.2 Å². The van der Waals surface area contributed by atoms with Gasteiger partial charge in [0.05, 0.1) is 29.3 Å². The van der Waals surface area contributed by atoms with Crippen LogP contribution in [0.4, 0.5) is 0 Å². The number of benzene rings is 3. The van der Waals surface area contributed by atoms with Gasteiger partial charge in [0.15, 0.2) is 0 Å². The van der Waals surface area contributed by atoms with Gasteiger partial charge in [0, 0.05) is 4.90 Å². The molecule has 0 spiro atoms. The Morgan fingerprint density at radius 2 is 1.35 bits per heavy atom. The van der Waals surface area contributed by atoms with E-state index in [1.54, 1.807) is 0 Å². The Hall–Kier alpha value is -2.05. The smallest absolute Gasteiger partial charge is 0.261 e. The van der Waals surface area contributed by atoms with Crippen LogP contribution in [0.15, 0.2) is 89.8 Å². The quantitative estimate of drug-likeness (QED) is 0.523. The highest BCUT2D eigenvalue weighted by Crippen LogP contribution is 2.36. The Labute approximate surface area is 189 Å². The molecule has 31 heavy (non-hydrogen) atoms. The lowest BCUT2D eigenvalue weighted by Crippen LogP contribution is -2.67. The van der Waals surface area contributed by atoms with Gasteiger partial charge in [0.2, 0.25) is 0 Å². The first-order chi connectivity index (χ1) is 14.7. The van der Waals surface area contributed by atoms with Crippen LogP contribution in [0.25, 0.3) is 0 Å². The molecule has 0 aliphatic rings. The van der Waals surface area contributed by atoms with Crippen molar-refractivity contribution in [3.05, 3.63) is 90.5 Å². The van der Waals surface area contributed by atoms with Crippen LogP contribution in [0.5, 0.6) is 0 Å². The molecule has 3 rings (SSSR count). The standard InChI is InChI=1S/C26H32O3SSi/c1-21-15-17-23(18-16-21)30(28)20-22(27)19-29-31(26(2,3)4,24-11-7-5-8-12-24)25-13-9-6-10-14-25/h5-18,22,27H,19-20H2,1-4H3/t22-,30-/m0/s1/i22+2. The molecule has 0 fully saturated rings. The average Bonchev–Trinajstić information content (AvgIpc) is 2.75. The summed E-state index contributed by atoms with van der Waals surface area (Å²) in [5, 5.41) is 12.9. The van der Waals surface area contributed by atoms with E-state index in [9.17, 15) is 9.32 Å². The Bertz CT molecular complexity index is 943. The number of aliphatic hydroxyl groups is 1. The summed E-state index contributed by atoms with van der Waals surface area (Å²) >= 11 is 0. The Morgan fingerprint density at radius 3 is 1.81 bits per heavy atom. The number of aryl methyl sites for hydroxylation is 1. The maximum Gasteiger partial charge on any atom is 0.261 e. The normalized spacial score (nSPS) is 14.2. The topological polar surface area (TPSA) is 46.5 Å². The summed E-state index contributed by atoms with van der Waals surface area (Å²) in [4.78, 5) is 0.732. The zero-order chi connectivity index (χ0) is 22.5. The van der Waals surface area contributed by atoms with Gasteiger partial charge in [-0.2, -0.15) is 0 Å². The summed E-state index contributed by atoms with van der Waals surface area (Å²) in [5.41, 5.74) is 1.12. The van der Waals surface area contributed by atoms with Gasteiger partial charge >= 0.3 is 0 Å². The molecule has 0 bridgehead atoms. The highest BCUT2D eigenvalue weighted by atomic mass is 32.2. The van der Waals surface area contributed by atoms with Crippen LogP contribution < -0.4 is 10.4 Å². The van der Waals surface area contributed by atoms with Crippen LogP contribution in [-0.4, -0.2) is 36.1 Å². The Morgan fingerprint density at radius 1 is 0.871 bits per heavy atom. The largest absolute Gasteiger partial charge is 0.405 e. The minimum absolute atomic E-state index is 0.144. The van der Waals surface area contributed by atoms with Gasteiger partial charge in [0.25, 0.3) is 8.32 Å². The zero-order valence-electron chi connectivity index (χ0n) is 18.7. The predicted octanol–water partition coefficient (Wildman–Crippen LogP) is 4.04. The highest BCUT2D eigenvalue weighted by Gasteiger charge is 2.50. The second kappa shape index (κ2) is 10.0. The second-order valence-electron chi connectivity index (χ2n) is 8.95. The van der Waals surface area contributed by atoms with Crippen molar-refractivity contribution in [2.45, 2.75) is 43.7 Å². The van der Waals surface area contributed by atoms with Gasteiger partial charge in [-0.3, -0.25) is 4.21 Å². The van der Waals surface area contributed by atoms with E-state index in [1.807, 2.05) is 67.6 Å². The molecule has 0 aliphatic carbocycles. The average molecular weight is 455 g/mol. The molecule has 2 atom stereocenters. The van der Waals surface area contributed by atoms with Crippen molar-refractivity contribution in [1.29, 1.82) is 0 Å². The van der Waals surface area contributed by atoms with Crippen molar-refractivity contribution in [3.63, 3.8) is 0 Å². The molecule has 0 saturated heterocycles. The van der Waals surface area contributed by atoms with E-state index >= 15 is 0 Å². The van der Waals surface area contributed by atoms with Crippen LogP contribution in [0.2, 0.25) is 5.04 Å². The zero-order valence-corrected chi connectivity index (χ0v) is 20.6. The van der Waals surface area contributed by atoms with Crippen LogP contribution in [0.3, 0.4) is 0 Å². The van der Waals surface area contributed by atoms with Crippen molar-refractivity contribution in [1.82, 2.24) is 0 Å². The van der Waals surface area contributed by atoms with Gasteiger partial charge in [-0.25, -0.2) is 0 Å². The summed E-state index contributed by atoms with van der Waals surface area (Å²) in [5.74, 6) is 0.154. The second-order valence-corrected chi connectivity index (χ2v) is 14.8. The fraction of sp³-hybridized carbons (Fsp3) is 0.308. The number of rotatable bonds is 8. The molecule has 0 amide bonds.